The second-order valence-corrected chi connectivity index (χ2v) is 3.76. The van der Waals surface area contributed by atoms with Gasteiger partial charge in [-0.1, -0.05) is 12.1 Å². The van der Waals surface area contributed by atoms with E-state index in [1.165, 1.54) is 0 Å². The SMILES string of the molecule is CCOC(C/N=C/Cc1ccc(O)cc1)OCC. The van der Waals surface area contributed by atoms with Crippen molar-refractivity contribution in [3.8, 4) is 5.75 Å². The summed E-state index contributed by atoms with van der Waals surface area (Å²) in [5.41, 5.74) is 1.11. The Morgan fingerprint density at radius 2 is 1.78 bits per heavy atom. The highest BCUT2D eigenvalue weighted by Gasteiger charge is 2.04. The Kier molecular flexibility index (Phi) is 7.06. The number of nitrogens with zero attached hydrogens (tertiary/aromatic N) is 1. The van der Waals surface area contributed by atoms with Gasteiger partial charge in [0.1, 0.15) is 5.75 Å². The zero-order chi connectivity index (χ0) is 13.2. The number of ether oxygens (including phenoxy) is 2. The maximum absolute atomic E-state index is 9.15. The molecule has 0 saturated carbocycles. The lowest BCUT2D eigenvalue weighted by atomic mass is 10.2. The molecule has 0 fully saturated rings. The van der Waals surface area contributed by atoms with Crippen molar-refractivity contribution in [1.29, 1.82) is 0 Å². The van der Waals surface area contributed by atoms with E-state index in [2.05, 4.69) is 4.99 Å². The summed E-state index contributed by atoms with van der Waals surface area (Å²) in [4.78, 5) is 4.29. The molecule has 4 nitrogen and oxygen atoms in total. The molecule has 1 rings (SSSR count). The number of benzene rings is 1. The van der Waals surface area contributed by atoms with Crippen LogP contribution in [0.15, 0.2) is 29.3 Å². The van der Waals surface area contributed by atoms with E-state index in [1.54, 1.807) is 12.1 Å². The molecule has 1 aromatic carbocycles. The van der Waals surface area contributed by atoms with E-state index < -0.39 is 0 Å². The van der Waals surface area contributed by atoms with Crippen LogP contribution in [-0.2, 0) is 15.9 Å². The Balaban J connectivity index is 2.33. The normalized spacial score (nSPS) is 11.5. The zero-order valence-electron chi connectivity index (χ0n) is 11.0. The first-order valence-electron chi connectivity index (χ1n) is 6.25. The third-order valence-corrected chi connectivity index (χ3v) is 2.35. The molecule has 0 aliphatic carbocycles. The molecule has 1 N–H and O–H groups in total. The fourth-order valence-corrected chi connectivity index (χ4v) is 1.49. The number of aromatic hydroxyl groups is 1. The van der Waals surface area contributed by atoms with Crippen LogP contribution in [-0.4, -0.2) is 37.4 Å². The summed E-state index contributed by atoms with van der Waals surface area (Å²) in [5.74, 6) is 0.281. The highest BCUT2D eigenvalue weighted by atomic mass is 16.7. The summed E-state index contributed by atoms with van der Waals surface area (Å²) < 4.78 is 10.8. The van der Waals surface area contributed by atoms with Crippen LogP contribution in [0.25, 0.3) is 0 Å². The van der Waals surface area contributed by atoms with Gasteiger partial charge < -0.3 is 14.6 Å². The molecule has 0 amide bonds. The van der Waals surface area contributed by atoms with Crippen molar-refractivity contribution in [2.24, 2.45) is 4.99 Å². The number of aliphatic imine (C=N–C) groups is 1. The van der Waals surface area contributed by atoms with Crippen molar-refractivity contribution < 1.29 is 14.6 Å². The van der Waals surface area contributed by atoms with Gasteiger partial charge in [0.15, 0.2) is 6.29 Å². The van der Waals surface area contributed by atoms with E-state index in [4.69, 9.17) is 14.6 Å². The second kappa shape index (κ2) is 8.66. The Labute approximate surface area is 108 Å². The predicted molar refractivity (Wildman–Crippen MR) is 72.2 cm³/mol. The van der Waals surface area contributed by atoms with E-state index in [0.29, 0.717) is 19.8 Å². The lowest BCUT2D eigenvalue weighted by molar-refractivity contribution is -0.128. The minimum absolute atomic E-state index is 0.254. The molecule has 1 aromatic rings. The van der Waals surface area contributed by atoms with Gasteiger partial charge in [-0.25, -0.2) is 0 Å². The molecule has 18 heavy (non-hydrogen) atoms. The Bertz CT molecular complexity index is 343. The van der Waals surface area contributed by atoms with Gasteiger partial charge in [0.05, 0.1) is 6.54 Å². The third-order valence-electron chi connectivity index (χ3n) is 2.35. The summed E-state index contributed by atoms with van der Waals surface area (Å²) in [6.45, 7) is 5.63. The van der Waals surface area contributed by atoms with Crippen LogP contribution < -0.4 is 0 Å². The topological polar surface area (TPSA) is 51.0 Å². The Morgan fingerprint density at radius 1 is 1.17 bits per heavy atom. The average molecular weight is 251 g/mol. The van der Waals surface area contributed by atoms with Gasteiger partial charge in [-0.05, 0) is 31.5 Å². The van der Waals surface area contributed by atoms with Crippen LogP contribution in [0.3, 0.4) is 0 Å². The predicted octanol–water partition coefficient (Wildman–Crippen LogP) is 2.40. The van der Waals surface area contributed by atoms with Crippen molar-refractivity contribution >= 4 is 6.21 Å². The van der Waals surface area contributed by atoms with Gasteiger partial charge in [0.2, 0.25) is 0 Å². The lowest BCUT2D eigenvalue weighted by Crippen LogP contribution is -2.20. The first-order valence-corrected chi connectivity index (χ1v) is 6.25. The lowest BCUT2D eigenvalue weighted by Gasteiger charge is -2.13. The third kappa shape index (κ3) is 5.80. The molecular weight excluding hydrogens is 230 g/mol. The zero-order valence-corrected chi connectivity index (χ0v) is 11.0. The van der Waals surface area contributed by atoms with E-state index >= 15 is 0 Å². The summed E-state index contributed by atoms with van der Waals surface area (Å²) in [5, 5.41) is 9.15. The van der Waals surface area contributed by atoms with E-state index in [0.717, 1.165) is 12.0 Å². The van der Waals surface area contributed by atoms with Gasteiger partial charge in [-0.3, -0.25) is 4.99 Å². The van der Waals surface area contributed by atoms with Gasteiger partial charge in [-0.15, -0.1) is 0 Å². The van der Waals surface area contributed by atoms with Crippen LogP contribution in [0.4, 0.5) is 0 Å². The second-order valence-electron chi connectivity index (χ2n) is 3.76. The van der Waals surface area contributed by atoms with Gasteiger partial charge in [0, 0.05) is 25.8 Å². The molecular formula is C14H21NO3. The average Bonchev–Trinajstić information content (AvgIpc) is 2.37. The standard InChI is InChI=1S/C14H21NO3/c1-3-17-14(18-4-2)11-15-10-9-12-5-7-13(16)8-6-12/h5-8,10,14,16H,3-4,9,11H2,1-2H3/b15-10+. The van der Waals surface area contributed by atoms with E-state index in [9.17, 15) is 0 Å². The molecule has 4 heteroatoms. The summed E-state index contributed by atoms with van der Waals surface area (Å²) >= 11 is 0. The number of rotatable bonds is 8. The Hall–Kier alpha value is -1.39. The Morgan fingerprint density at radius 3 is 2.33 bits per heavy atom. The molecule has 0 unspecified atom stereocenters. The maximum Gasteiger partial charge on any atom is 0.176 e. The molecule has 0 spiro atoms. The van der Waals surface area contributed by atoms with Crippen LogP contribution in [0.1, 0.15) is 19.4 Å². The molecule has 0 heterocycles. The van der Waals surface area contributed by atoms with Crippen molar-refractivity contribution in [3.63, 3.8) is 0 Å². The van der Waals surface area contributed by atoms with Crippen LogP contribution >= 0.6 is 0 Å². The first kappa shape index (κ1) is 14.7. The highest BCUT2D eigenvalue weighted by molar-refractivity contribution is 5.61. The number of phenols is 1. The molecule has 0 aliphatic heterocycles. The van der Waals surface area contributed by atoms with Crippen LogP contribution in [0, 0.1) is 0 Å². The summed E-state index contributed by atoms with van der Waals surface area (Å²) in [6, 6.07) is 7.10. The van der Waals surface area contributed by atoms with Crippen LogP contribution in [0.2, 0.25) is 0 Å². The van der Waals surface area contributed by atoms with Crippen molar-refractivity contribution in [2.45, 2.75) is 26.6 Å². The molecule has 0 saturated heterocycles. The molecule has 0 atom stereocenters. The van der Waals surface area contributed by atoms with Gasteiger partial charge in [-0.2, -0.15) is 0 Å². The van der Waals surface area contributed by atoms with Gasteiger partial charge in [0.25, 0.3) is 0 Å². The fourth-order valence-electron chi connectivity index (χ4n) is 1.49. The molecule has 0 aromatic heterocycles. The molecule has 100 valence electrons. The van der Waals surface area contributed by atoms with Crippen molar-refractivity contribution in [1.82, 2.24) is 0 Å². The van der Waals surface area contributed by atoms with E-state index in [-0.39, 0.29) is 12.0 Å². The number of hydrogen-bond acceptors (Lipinski definition) is 4. The number of hydrogen-bond donors (Lipinski definition) is 1. The van der Waals surface area contributed by atoms with Crippen molar-refractivity contribution in [2.75, 3.05) is 19.8 Å². The minimum Gasteiger partial charge on any atom is -0.508 e. The smallest absolute Gasteiger partial charge is 0.176 e. The minimum atomic E-state index is -0.254. The summed E-state index contributed by atoms with van der Waals surface area (Å²) in [6.07, 6.45) is 2.33. The van der Waals surface area contributed by atoms with Crippen molar-refractivity contribution in [3.05, 3.63) is 29.8 Å². The fraction of sp³-hybridized carbons (Fsp3) is 0.500. The number of phenolic OH excluding ortho intramolecular Hbond substituents is 1. The molecule has 0 radical (unpaired) electrons. The highest BCUT2D eigenvalue weighted by Crippen LogP contribution is 2.09. The summed E-state index contributed by atoms with van der Waals surface area (Å²) in [7, 11) is 0. The largest absolute Gasteiger partial charge is 0.508 e. The quantitative estimate of drug-likeness (QED) is 0.570. The molecule has 0 aliphatic rings. The first-order chi connectivity index (χ1) is 8.76. The molecule has 0 bridgehead atoms. The van der Waals surface area contributed by atoms with Crippen LogP contribution in [0.5, 0.6) is 5.75 Å². The van der Waals surface area contributed by atoms with Gasteiger partial charge >= 0.3 is 0 Å². The maximum atomic E-state index is 9.15. The monoisotopic (exact) mass is 251 g/mol. The van der Waals surface area contributed by atoms with E-state index in [1.807, 2.05) is 32.2 Å².